The van der Waals surface area contributed by atoms with E-state index in [9.17, 15) is 4.39 Å². The van der Waals surface area contributed by atoms with E-state index >= 15 is 0 Å². The van der Waals surface area contributed by atoms with Gasteiger partial charge in [-0.05, 0) is 42.3 Å². The van der Waals surface area contributed by atoms with Crippen LogP contribution in [0.4, 0.5) is 4.39 Å². The molecule has 0 radical (unpaired) electrons. The van der Waals surface area contributed by atoms with Crippen LogP contribution in [0, 0.1) is 5.82 Å². The Labute approximate surface area is 120 Å². The van der Waals surface area contributed by atoms with Crippen molar-refractivity contribution >= 4 is 0 Å². The molecule has 0 saturated carbocycles. The van der Waals surface area contributed by atoms with E-state index in [-0.39, 0.29) is 5.82 Å². The fourth-order valence-electron chi connectivity index (χ4n) is 2.29. The van der Waals surface area contributed by atoms with Gasteiger partial charge in [-0.25, -0.2) is 4.39 Å². The van der Waals surface area contributed by atoms with Crippen molar-refractivity contribution < 1.29 is 4.39 Å². The van der Waals surface area contributed by atoms with Crippen molar-refractivity contribution in [2.45, 2.75) is 19.5 Å². The summed E-state index contributed by atoms with van der Waals surface area (Å²) in [6, 6.07) is 15.0. The van der Waals surface area contributed by atoms with Crippen LogP contribution in [0.3, 0.4) is 0 Å². The third-order valence-electron chi connectivity index (χ3n) is 3.47. The molecule has 0 heterocycles. The van der Waals surface area contributed by atoms with Crippen LogP contribution in [0.1, 0.15) is 16.7 Å². The first-order valence-corrected chi connectivity index (χ1v) is 6.89. The molecule has 0 aliphatic heterocycles. The lowest BCUT2D eigenvalue weighted by molar-refractivity contribution is 0.330. The van der Waals surface area contributed by atoms with Gasteiger partial charge in [0.2, 0.25) is 0 Å². The second-order valence-electron chi connectivity index (χ2n) is 5.09. The minimum atomic E-state index is -0.187. The summed E-state index contributed by atoms with van der Waals surface area (Å²) >= 11 is 0. The molecule has 0 aliphatic rings. The lowest BCUT2D eigenvalue weighted by atomic mass is 10.0. The Morgan fingerprint density at radius 2 is 1.65 bits per heavy atom. The molecule has 0 fully saturated rings. The number of hydrogen-bond donors (Lipinski definition) is 1. The van der Waals surface area contributed by atoms with Gasteiger partial charge >= 0.3 is 0 Å². The number of hydrogen-bond acceptors (Lipinski definition) is 2. The molecule has 0 unspecified atom stereocenters. The predicted octanol–water partition coefficient (Wildman–Crippen LogP) is 2.96. The van der Waals surface area contributed by atoms with Gasteiger partial charge in [0.25, 0.3) is 0 Å². The molecule has 2 aromatic carbocycles. The largest absolute Gasteiger partial charge is 0.326 e. The number of nitrogens with zero attached hydrogens (tertiary/aromatic N) is 1. The highest BCUT2D eigenvalue weighted by Gasteiger charge is 2.04. The minimum Gasteiger partial charge on any atom is -0.326 e. The molecule has 0 spiro atoms. The molecule has 0 aliphatic carbocycles. The molecular formula is C17H21FN2. The van der Waals surface area contributed by atoms with Crippen molar-refractivity contribution in [2.24, 2.45) is 5.73 Å². The number of nitrogens with two attached hydrogens (primary N) is 1. The number of likely N-dealkylation sites (N-methyl/N-ethyl adjacent to an activating group) is 1. The van der Waals surface area contributed by atoms with Crippen molar-refractivity contribution in [2.75, 3.05) is 13.6 Å². The van der Waals surface area contributed by atoms with Gasteiger partial charge < -0.3 is 10.6 Å². The average molecular weight is 272 g/mol. The highest BCUT2D eigenvalue weighted by molar-refractivity contribution is 5.27. The summed E-state index contributed by atoms with van der Waals surface area (Å²) in [6.07, 6.45) is 0.977. The van der Waals surface area contributed by atoms with Crippen LogP contribution >= 0.6 is 0 Å². The summed E-state index contributed by atoms with van der Waals surface area (Å²) in [6.45, 7) is 2.36. The summed E-state index contributed by atoms with van der Waals surface area (Å²) in [5.74, 6) is -0.187. The third-order valence-corrected chi connectivity index (χ3v) is 3.47. The SMILES string of the molecule is CN(CCc1ccccc1CN)Cc1ccc(F)cc1. The van der Waals surface area contributed by atoms with Crippen LogP contribution in [0.25, 0.3) is 0 Å². The Hall–Kier alpha value is -1.71. The third kappa shape index (κ3) is 4.15. The highest BCUT2D eigenvalue weighted by atomic mass is 19.1. The monoisotopic (exact) mass is 272 g/mol. The maximum atomic E-state index is 12.9. The summed E-state index contributed by atoms with van der Waals surface area (Å²) in [4.78, 5) is 2.24. The van der Waals surface area contributed by atoms with Crippen LogP contribution in [-0.2, 0) is 19.5 Å². The highest BCUT2D eigenvalue weighted by Crippen LogP contribution is 2.10. The fourth-order valence-corrected chi connectivity index (χ4v) is 2.29. The van der Waals surface area contributed by atoms with E-state index < -0.39 is 0 Å². The second kappa shape index (κ2) is 7.17. The molecule has 20 heavy (non-hydrogen) atoms. The van der Waals surface area contributed by atoms with E-state index in [0.29, 0.717) is 6.54 Å². The van der Waals surface area contributed by atoms with Crippen LogP contribution in [0.2, 0.25) is 0 Å². The quantitative estimate of drug-likeness (QED) is 0.876. The first-order valence-electron chi connectivity index (χ1n) is 6.89. The zero-order valence-electron chi connectivity index (χ0n) is 11.8. The van der Waals surface area contributed by atoms with E-state index in [1.165, 1.54) is 23.3 Å². The molecule has 2 nitrogen and oxygen atoms in total. The standard InChI is InChI=1S/C17H21FN2/c1-20(13-14-6-8-17(18)9-7-14)11-10-15-4-2-3-5-16(15)12-19/h2-9H,10-13,19H2,1H3. The van der Waals surface area contributed by atoms with E-state index in [0.717, 1.165) is 25.1 Å². The molecule has 2 aromatic rings. The summed E-state index contributed by atoms with van der Waals surface area (Å²) in [5, 5.41) is 0. The molecule has 2 N–H and O–H groups in total. The van der Waals surface area contributed by atoms with Gasteiger partial charge in [-0.2, -0.15) is 0 Å². The molecule has 0 amide bonds. The van der Waals surface area contributed by atoms with Gasteiger partial charge in [0, 0.05) is 19.6 Å². The van der Waals surface area contributed by atoms with Gasteiger partial charge in [-0.3, -0.25) is 0 Å². The normalized spacial score (nSPS) is 11.0. The molecule has 0 aromatic heterocycles. The summed E-state index contributed by atoms with van der Waals surface area (Å²) in [5.41, 5.74) is 9.39. The number of rotatable bonds is 6. The van der Waals surface area contributed by atoms with Crippen LogP contribution in [-0.4, -0.2) is 18.5 Å². The van der Waals surface area contributed by atoms with Crippen LogP contribution in [0.15, 0.2) is 48.5 Å². The first-order chi connectivity index (χ1) is 9.69. The van der Waals surface area contributed by atoms with Gasteiger partial charge in [-0.15, -0.1) is 0 Å². The van der Waals surface area contributed by atoms with Crippen molar-refractivity contribution in [3.05, 3.63) is 71.0 Å². The van der Waals surface area contributed by atoms with Crippen molar-refractivity contribution in [1.82, 2.24) is 4.90 Å². The van der Waals surface area contributed by atoms with Crippen molar-refractivity contribution in [3.8, 4) is 0 Å². The van der Waals surface area contributed by atoms with Crippen molar-refractivity contribution in [1.29, 1.82) is 0 Å². The molecule has 2 rings (SSSR count). The number of benzene rings is 2. The molecular weight excluding hydrogens is 251 g/mol. The fraction of sp³-hybridized carbons (Fsp3) is 0.294. The van der Waals surface area contributed by atoms with Gasteiger partial charge in [0.15, 0.2) is 0 Å². The van der Waals surface area contributed by atoms with E-state index in [1.54, 1.807) is 0 Å². The average Bonchev–Trinajstić information content (AvgIpc) is 2.48. The lowest BCUT2D eigenvalue weighted by Crippen LogP contribution is -2.21. The topological polar surface area (TPSA) is 29.3 Å². The Morgan fingerprint density at radius 3 is 2.30 bits per heavy atom. The molecule has 106 valence electrons. The minimum absolute atomic E-state index is 0.187. The zero-order valence-corrected chi connectivity index (χ0v) is 11.8. The van der Waals surface area contributed by atoms with Crippen LogP contribution in [0.5, 0.6) is 0 Å². The maximum Gasteiger partial charge on any atom is 0.123 e. The Morgan fingerprint density at radius 1 is 1.00 bits per heavy atom. The Balaban J connectivity index is 1.88. The Kier molecular flexibility index (Phi) is 5.27. The summed E-state index contributed by atoms with van der Waals surface area (Å²) < 4.78 is 12.9. The second-order valence-corrected chi connectivity index (χ2v) is 5.09. The molecule has 0 saturated heterocycles. The van der Waals surface area contributed by atoms with E-state index in [4.69, 9.17) is 5.73 Å². The van der Waals surface area contributed by atoms with E-state index in [2.05, 4.69) is 30.1 Å². The smallest absolute Gasteiger partial charge is 0.123 e. The van der Waals surface area contributed by atoms with Gasteiger partial charge in [0.05, 0.1) is 0 Å². The molecule has 3 heteroatoms. The first kappa shape index (κ1) is 14.7. The summed E-state index contributed by atoms with van der Waals surface area (Å²) in [7, 11) is 2.08. The van der Waals surface area contributed by atoms with Crippen molar-refractivity contribution in [3.63, 3.8) is 0 Å². The zero-order chi connectivity index (χ0) is 14.4. The molecule has 0 bridgehead atoms. The van der Waals surface area contributed by atoms with Crippen LogP contribution < -0.4 is 5.73 Å². The Bertz CT molecular complexity index is 537. The van der Waals surface area contributed by atoms with Gasteiger partial charge in [0.1, 0.15) is 5.82 Å². The van der Waals surface area contributed by atoms with Gasteiger partial charge in [-0.1, -0.05) is 36.4 Å². The number of halogens is 1. The van der Waals surface area contributed by atoms with E-state index in [1.807, 2.05) is 18.2 Å². The predicted molar refractivity (Wildman–Crippen MR) is 80.8 cm³/mol. The molecule has 0 atom stereocenters. The maximum absolute atomic E-state index is 12.9. The lowest BCUT2D eigenvalue weighted by Gasteiger charge is -2.17.